The number of carbonyl (C=O) groups is 2. The van der Waals surface area contributed by atoms with E-state index in [2.05, 4.69) is 6.58 Å². The quantitative estimate of drug-likeness (QED) is 0.533. The summed E-state index contributed by atoms with van der Waals surface area (Å²) >= 11 is 0. The molecule has 16 heavy (non-hydrogen) atoms. The first-order valence-corrected chi connectivity index (χ1v) is 5.16. The van der Waals surface area contributed by atoms with Crippen molar-refractivity contribution >= 4 is 11.9 Å². The second kappa shape index (κ2) is 7.68. The Kier molecular flexibility index (Phi) is 6.92. The first-order valence-electron chi connectivity index (χ1n) is 5.16. The van der Waals surface area contributed by atoms with Crippen LogP contribution in [0.25, 0.3) is 0 Å². The average Bonchev–Trinajstić information content (AvgIpc) is 2.25. The predicted molar refractivity (Wildman–Crippen MR) is 60.9 cm³/mol. The number of rotatable bonds is 7. The number of carboxylic acid groups (broad SMARTS) is 1. The van der Waals surface area contributed by atoms with Crippen LogP contribution in [0.3, 0.4) is 0 Å². The number of allylic oxidation sites excluding steroid dienone is 1. The van der Waals surface area contributed by atoms with E-state index in [0.717, 1.165) is 6.08 Å². The van der Waals surface area contributed by atoms with Gasteiger partial charge in [-0.1, -0.05) is 19.6 Å². The van der Waals surface area contributed by atoms with Crippen molar-refractivity contribution in [2.75, 3.05) is 6.61 Å². The normalized spacial score (nSPS) is 13.0. The van der Waals surface area contributed by atoms with E-state index < -0.39 is 11.9 Å². The molecule has 0 fully saturated rings. The Morgan fingerprint density at radius 2 is 2.12 bits per heavy atom. The highest BCUT2D eigenvalue weighted by Crippen LogP contribution is 2.10. The van der Waals surface area contributed by atoms with Gasteiger partial charge >= 0.3 is 11.9 Å². The molecular weight excluding hydrogens is 208 g/mol. The van der Waals surface area contributed by atoms with Crippen LogP contribution in [0.2, 0.25) is 0 Å². The number of hydrogen-bond acceptors (Lipinski definition) is 3. The van der Waals surface area contributed by atoms with Crippen molar-refractivity contribution in [2.24, 2.45) is 5.92 Å². The molecule has 0 radical (unpaired) electrons. The second-order valence-corrected chi connectivity index (χ2v) is 3.69. The number of carboxylic acids is 1. The van der Waals surface area contributed by atoms with Crippen LogP contribution in [0.4, 0.5) is 0 Å². The zero-order chi connectivity index (χ0) is 12.6. The summed E-state index contributed by atoms with van der Waals surface area (Å²) in [4.78, 5) is 21.2. The third-order valence-electron chi connectivity index (χ3n) is 2.19. The topological polar surface area (TPSA) is 63.6 Å². The molecule has 0 saturated carbocycles. The van der Waals surface area contributed by atoms with Crippen LogP contribution < -0.4 is 0 Å². The third kappa shape index (κ3) is 6.81. The molecule has 0 aromatic rings. The zero-order valence-corrected chi connectivity index (χ0v) is 9.73. The lowest BCUT2D eigenvalue weighted by Gasteiger charge is -2.08. The fourth-order valence-corrected chi connectivity index (χ4v) is 1.00. The molecule has 4 nitrogen and oxygen atoms in total. The fraction of sp³-hybridized carbons (Fsp3) is 0.500. The van der Waals surface area contributed by atoms with Crippen LogP contribution in [-0.2, 0) is 14.3 Å². The molecule has 90 valence electrons. The predicted octanol–water partition coefficient (Wildman–Crippen LogP) is 2.16. The molecule has 0 rings (SSSR count). The highest BCUT2D eigenvalue weighted by molar-refractivity contribution is 5.85. The van der Waals surface area contributed by atoms with Gasteiger partial charge in [-0.15, -0.1) is 0 Å². The summed E-state index contributed by atoms with van der Waals surface area (Å²) in [5.74, 6) is -1.04. The standard InChI is InChI=1S/C12H18O4/c1-4-11(13)16-8-7-9(2)5-6-10(3)12(14)15/h4,6,9H,1,5,7-8H2,2-3H3,(H,14,15). The summed E-state index contributed by atoms with van der Waals surface area (Å²) in [5.41, 5.74) is 0.343. The molecule has 1 unspecified atom stereocenters. The molecule has 0 amide bonds. The Bertz CT molecular complexity index is 291. The maximum absolute atomic E-state index is 10.7. The molecule has 0 bridgehead atoms. The Morgan fingerprint density at radius 3 is 2.62 bits per heavy atom. The van der Waals surface area contributed by atoms with Gasteiger partial charge in [0.05, 0.1) is 6.61 Å². The lowest BCUT2D eigenvalue weighted by atomic mass is 10.0. The summed E-state index contributed by atoms with van der Waals surface area (Å²) in [7, 11) is 0. The lowest BCUT2D eigenvalue weighted by molar-refractivity contribution is -0.138. The maximum Gasteiger partial charge on any atom is 0.330 e. The van der Waals surface area contributed by atoms with Crippen LogP contribution >= 0.6 is 0 Å². The Labute approximate surface area is 95.6 Å². The smallest absolute Gasteiger partial charge is 0.330 e. The summed E-state index contributed by atoms with van der Waals surface area (Å²) in [6, 6.07) is 0. The molecular formula is C12H18O4. The minimum atomic E-state index is -0.898. The Balaban J connectivity index is 3.79. The number of aliphatic carboxylic acids is 1. The zero-order valence-electron chi connectivity index (χ0n) is 9.73. The molecule has 0 heterocycles. The molecule has 0 saturated heterocycles. The van der Waals surface area contributed by atoms with Crippen LogP contribution in [0.5, 0.6) is 0 Å². The van der Waals surface area contributed by atoms with Gasteiger partial charge in [0, 0.05) is 11.6 Å². The van der Waals surface area contributed by atoms with Crippen molar-refractivity contribution in [3.63, 3.8) is 0 Å². The van der Waals surface area contributed by atoms with E-state index in [1.165, 1.54) is 0 Å². The largest absolute Gasteiger partial charge is 0.478 e. The molecule has 0 aromatic heterocycles. The SMILES string of the molecule is C=CC(=O)OCCC(C)CC=C(C)C(=O)O. The second-order valence-electron chi connectivity index (χ2n) is 3.69. The van der Waals surface area contributed by atoms with Crippen LogP contribution in [-0.4, -0.2) is 23.7 Å². The van der Waals surface area contributed by atoms with Gasteiger partial charge in [-0.2, -0.15) is 0 Å². The highest BCUT2D eigenvalue weighted by Gasteiger charge is 2.04. The highest BCUT2D eigenvalue weighted by atomic mass is 16.5. The molecule has 1 atom stereocenters. The maximum atomic E-state index is 10.7. The van der Waals surface area contributed by atoms with E-state index in [-0.39, 0.29) is 5.92 Å². The van der Waals surface area contributed by atoms with E-state index in [1.54, 1.807) is 13.0 Å². The Morgan fingerprint density at radius 1 is 1.50 bits per heavy atom. The fourth-order valence-electron chi connectivity index (χ4n) is 1.00. The van der Waals surface area contributed by atoms with Crippen molar-refractivity contribution < 1.29 is 19.4 Å². The van der Waals surface area contributed by atoms with Crippen molar-refractivity contribution in [1.29, 1.82) is 0 Å². The first-order chi connectivity index (χ1) is 7.47. The van der Waals surface area contributed by atoms with Gasteiger partial charge in [-0.05, 0) is 25.7 Å². The number of ether oxygens (including phenoxy) is 1. The van der Waals surface area contributed by atoms with E-state index >= 15 is 0 Å². The number of esters is 1. The van der Waals surface area contributed by atoms with Gasteiger partial charge in [-0.3, -0.25) is 0 Å². The van der Waals surface area contributed by atoms with Gasteiger partial charge in [0.25, 0.3) is 0 Å². The molecule has 4 heteroatoms. The molecule has 1 N–H and O–H groups in total. The molecule has 0 aliphatic rings. The summed E-state index contributed by atoms with van der Waals surface area (Å²) in [5, 5.41) is 8.63. The van der Waals surface area contributed by atoms with Gasteiger partial charge in [-0.25, -0.2) is 9.59 Å². The van der Waals surface area contributed by atoms with Crippen molar-refractivity contribution in [3.05, 3.63) is 24.3 Å². The van der Waals surface area contributed by atoms with Gasteiger partial charge in [0.1, 0.15) is 0 Å². The Hall–Kier alpha value is -1.58. The van der Waals surface area contributed by atoms with Crippen molar-refractivity contribution in [3.8, 4) is 0 Å². The van der Waals surface area contributed by atoms with E-state index in [1.807, 2.05) is 6.92 Å². The molecule has 0 aliphatic carbocycles. The van der Waals surface area contributed by atoms with E-state index in [9.17, 15) is 9.59 Å². The van der Waals surface area contributed by atoms with Crippen LogP contribution in [0, 0.1) is 5.92 Å². The molecule has 0 spiro atoms. The summed E-state index contributed by atoms with van der Waals surface area (Å²) in [6.45, 7) is 7.17. The summed E-state index contributed by atoms with van der Waals surface area (Å²) < 4.78 is 4.82. The first kappa shape index (κ1) is 14.4. The molecule has 0 aromatic carbocycles. The van der Waals surface area contributed by atoms with Crippen molar-refractivity contribution in [1.82, 2.24) is 0 Å². The van der Waals surface area contributed by atoms with Crippen LogP contribution in [0.15, 0.2) is 24.3 Å². The van der Waals surface area contributed by atoms with Gasteiger partial charge in [0.2, 0.25) is 0 Å². The van der Waals surface area contributed by atoms with Gasteiger partial charge in [0.15, 0.2) is 0 Å². The van der Waals surface area contributed by atoms with Gasteiger partial charge < -0.3 is 9.84 Å². The number of hydrogen-bond donors (Lipinski definition) is 1. The number of carbonyl (C=O) groups excluding carboxylic acids is 1. The van der Waals surface area contributed by atoms with Crippen LogP contribution in [0.1, 0.15) is 26.7 Å². The average molecular weight is 226 g/mol. The van der Waals surface area contributed by atoms with E-state index in [0.29, 0.717) is 25.0 Å². The van der Waals surface area contributed by atoms with Crippen molar-refractivity contribution in [2.45, 2.75) is 26.7 Å². The van der Waals surface area contributed by atoms with E-state index in [4.69, 9.17) is 9.84 Å². The lowest BCUT2D eigenvalue weighted by Crippen LogP contribution is -2.06. The molecule has 0 aliphatic heterocycles. The minimum absolute atomic E-state index is 0.284. The summed E-state index contributed by atoms with van der Waals surface area (Å²) in [6.07, 6.45) is 4.19. The third-order valence-corrected chi connectivity index (χ3v) is 2.19. The monoisotopic (exact) mass is 226 g/mol. The minimum Gasteiger partial charge on any atom is -0.478 e.